The van der Waals surface area contributed by atoms with Gasteiger partial charge >= 0.3 is 12.2 Å². The van der Waals surface area contributed by atoms with Crippen molar-refractivity contribution in [1.82, 2.24) is 44.9 Å². The van der Waals surface area contributed by atoms with Gasteiger partial charge in [-0.15, -0.1) is 11.3 Å². The third-order valence-corrected chi connectivity index (χ3v) is 15.3. The number of methoxy groups -OCH3 is 2. The van der Waals surface area contributed by atoms with E-state index in [-0.39, 0.29) is 23.8 Å². The van der Waals surface area contributed by atoms with Gasteiger partial charge in [-0.3, -0.25) is 14.2 Å². The van der Waals surface area contributed by atoms with Crippen LogP contribution in [0.5, 0.6) is 5.75 Å². The van der Waals surface area contributed by atoms with E-state index in [1.807, 2.05) is 51.1 Å². The molecule has 19 heteroatoms. The number of nitrogens with zero attached hydrogens (tertiary/aromatic N) is 5. The Morgan fingerprint density at radius 2 is 1.54 bits per heavy atom. The maximum absolute atomic E-state index is 16.9. The zero-order valence-electron chi connectivity index (χ0n) is 40.1. The summed E-state index contributed by atoms with van der Waals surface area (Å²) in [4.78, 5) is 73.9. The Hall–Kier alpha value is -6.76. The Bertz CT molecular complexity index is 3000. The van der Waals surface area contributed by atoms with E-state index in [1.54, 1.807) is 33.5 Å². The number of halogens is 2. The highest BCUT2D eigenvalue weighted by Crippen LogP contribution is 2.50. The number of rotatable bonds is 12. The van der Waals surface area contributed by atoms with Gasteiger partial charge in [0, 0.05) is 34.5 Å². The van der Waals surface area contributed by atoms with E-state index in [1.165, 1.54) is 31.9 Å². The lowest BCUT2D eigenvalue weighted by atomic mass is 9.99. The SMILES string of the molecule is COC(=O)NC(C(=O)N1C[C@H](C)C[C@H]1c1ncc(-c2ccc3c(c2)cc2n3C(c3ccc(C4CC4)s3)Oc3cc(-c4cnc([C@@H]5CCCN5C(=O)[C@@H](NC(=O)OC)C(C)C)[nH]4)cc(F)c3-2)[nH]1)C(C)(C)F. The number of aromatic nitrogens is 5. The van der Waals surface area contributed by atoms with Gasteiger partial charge in [-0.05, 0) is 106 Å². The summed E-state index contributed by atoms with van der Waals surface area (Å²) in [7, 11) is 2.43. The van der Waals surface area contributed by atoms with E-state index in [9.17, 15) is 19.2 Å². The number of H-pyrrole nitrogens is 2. The van der Waals surface area contributed by atoms with Crippen molar-refractivity contribution in [2.75, 3.05) is 27.3 Å². The van der Waals surface area contributed by atoms with E-state index < -0.39 is 53.9 Å². The minimum absolute atomic E-state index is 0.0881. The van der Waals surface area contributed by atoms with Gasteiger partial charge in [-0.1, -0.05) is 26.8 Å². The lowest BCUT2D eigenvalue weighted by Crippen LogP contribution is -2.57. The number of ether oxygens (including phenoxy) is 3. The summed E-state index contributed by atoms with van der Waals surface area (Å²) < 4.78 is 50.8. The van der Waals surface area contributed by atoms with Crippen LogP contribution in [0.4, 0.5) is 18.4 Å². The number of hydrogen-bond donors (Lipinski definition) is 4. The average Bonchev–Trinajstić information content (AvgIpc) is 4.03. The summed E-state index contributed by atoms with van der Waals surface area (Å²) in [5.74, 6) is 0.649. The molecule has 4 amide bonds. The first-order valence-corrected chi connectivity index (χ1v) is 24.7. The fraction of sp³-hybridized carbons (Fsp3) is 0.451. The number of carbonyl (C=O) groups is 4. The van der Waals surface area contributed by atoms with Crippen LogP contribution in [0.1, 0.15) is 112 Å². The van der Waals surface area contributed by atoms with Gasteiger partial charge < -0.3 is 44.6 Å². The number of hydrogen-bond acceptors (Lipinski definition) is 10. The molecule has 0 bridgehead atoms. The van der Waals surface area contributed by atoms with Crippen molar-refractivity contribution in [3.8, 4) is 39.5 Å². The first-order chi connectivity index (χ1) is 33.5. The highest BCUT2D eigenvalue weighted by atomic mass is 32.1. The second-order valence-corrected chi connectivity index (χ2v) is 21.0. The molecule has 0 radical (unpaired) electrons. The van der Waals surface area contributed by atoms with Crippen LogP contribution in [0, 0.1) is 17.7 Å². The molecule has 3 aliphatic heterocycles. The van der Waals surface area contributed by atoms with Crippen molar-refractivity contribution < 1.29 is 42.2 Å². The van der Waals surface area contributed by atoms with Gasteiger partial charge in [0.05, 0.1) is 71.7 Å². The van der Waals surface area contributed by atoms with Gasteiger partial charge in [0.2, 0.25) is 18.0 Å². The standard InChI is InChI=1S/C51H57F2N9O7S/c1-25(2)42(58-49(65)67-6)46(63)60-16-8-9-35(60)44-54-23-33(57-44)29-19-31(52)41-36-20-30-18-28(12-13-34(30)62(36)48(69-38(41)21-29)40-15-14-39(70-40)27-10-11-27)32-22-55-45(56-32)37-17-26(3)24-61(37)47(64)43(51(4,5)53)59-50(66)68-7/h12-15,18-23,25-27,35,37,42-43,48H,8-11,16-17,24H2,1-7H3,(H,54,57)(H,55,56)(H,58,65)(H,59,66)/t26-,35+,37+,42+,43?,48?/m1/s1. The first-order valence-electron chi connectivity index (χ1n) is 23.9. The number of benzene rings is 2. The minimum atomic E-state index is -2.07. The molecular weight excluding hydrogens is 921 g/mol. The van der Waals surface area contributed by atoms with Gasteiger partial charge in [-0.2, -0.15) is 0 Å². The smallest absolute Gasteiger partial charge is 0.407 e. The fourth-order valence-electron chi connectivity index (χ4n) is 10.3. The predicted octanol–water partition coefficient (Wildman–Crippen LogP) is 9.53. The highest BCUT2D eigenvalue weighted by molar-refractivity contribution is 7.12. The normalized spacial score (nSPS) is 20.8. The number of fused-ring (bicyclic) bond motifs is 5. The van der Waals surface area contributed by atoms with Crippen LogP contribution in [0.2, 0.25) is 0 Å². The van der Waals surface area contributed by atoms with Gasteiger partial charge in [-0.25, -0.2) is 28.3 Å². The molecule has 3 fully saturated rings. The molecule has 2 aromatic carbocycles. The number of aromatic amines is 2. The molecule has 1 saturated carbocycles. The topological polar surface area (TPSA) is 189 Å². The van der Waals surface area contributed by atoms with Gasteiger partial charge in [0.15, 0.2) is 0 Å². The van der Waals surface area contributed by atoms with E-state index in [2.05, 4.69) is 37.3 Å². The van der Waals surface area contributed by atoms with Gasteiger partial charge in [0.25, 0.3) is 0 Å². The molecule has 4 N–H and O–H groups in total. The number of nitrogens with one attached hydrogen (secondary N) is 4. The molecule has 7 heterocycles. The number of alkyl carbamates (subject to hydrolysis) is 2. The lowest BCUT2D eigenvalue weighted by Gasteiger charge is -2.32. The maximum atomic E-state index is 16.9. The van der Waals surface area contributed by atoms with Crippen molar-refractivity contribution in [2.45, 2.75) is 109 Å². The number of thiophene rings is 1. The minimum Gasteiger partial charge on any atom is -0.464 e. The second-order valence-electron chi connectivity index (χ2n) is 19.9. The zero-order valence-corrected chi connectivity index (χ0v) is 40.9. The summed E-state index contributed by atoms with van der Waals surface area (Å²) in [6.07, 6.45) is 5.49. The molecule has 2 unspecified atom stereocenters. The Morgan fingerprint density at radius 1 is 0.857 bits per heavy atom. The molecule has 4 aromatic heterocycles. The van der Waals surface area contributed by atoms with E-state index >= 15 is 8.78 Å². The van der Waals surface area contributed by atoms with Crippen LogP contribution in [0.3, 0.4) is 0 Å². The van der Waals surface area contributed by atoms with Crippen LogP contribution in [-0.2, 0) is 19.1 Å². The van der Waals surface area contributed by atoms with Crippen LogP contribution < -0.4 is 15.4 Å². The fourth-order valence-corrected chi connectivity index (χ4v) is 11.5. The molecular formula is C51H57F2N9O7S. The van der Waals surface area contributed by atoms with Crippen molar-refractivity contribution in [1.29, 1.82) is 0 Å². The Morgan fingerprint density at radius 3 is 2.23 bits per heavy atom. The van der Waals surface area contributed by atoms with Crippen molar-refractivity contribution >= 4 is 46.2 Å². The monoisotopic (exact) mass is 977 g/mol. The van der Waals surface area contributed by atoms with Crippen molar-refractivity contribution in [2.24, 2.45) is 11.8 Å². The quantitative estimate of drug-likeness (QED) is 0.0926. The third-order valence-electron chi connectivity index (χ3n) is 14.0. The molecule has 16 nitrogen and oxygen atoms in total. The second kappa shape index (κ2) is 18.2. The number of likely N-dealkylation sites (tertiary alicyclic amines) is 2. The Labute approximate surface area is 407 Å². The van der Waals surface area contributed by atoms with Crippen LogP contribution in [0.25, 0.3) is 44.7 Å². The molecule has 0 spiro atoms. The van der Waals surface area contributed by atoms with Crippen LogP contribution in [-0.4, -0.2) is 103 Å². The van der Waals surface area contributed by atoms with Crippen molar-refractivity contribution in [3.63, 3.8) is 0 Å². The Balaban J connectivity index is 0.968. The molecule has 4 aliphatic rings. The summed E-state index contributed by atoms with van der Waals surface area (Å²) in [5, 5.41) is 5.92. The third kappa shape index (κ3) is 8.65. The van der Waals surface area contributed by atoms with Crippen molar-refractivity contribution in [3.05, 3.63) is 88.1 Å². The molecule has 6 aromatic rings. The number of imidazole rings is 2. The summed E-state index contributed by atoms with van der Waals surface area (Å²) in [6.45, 7) is 9.09. The summed E-state index contributed by atoms with van der Waals surface area (Å²) >= 11 is 1.71. The molecule has 2 saturated heterocycles. The lowest BCUT2D eigenvalue weighted by molar-refractivity contribution is -0.138. The molecule has 10 rings (SSSR count). The Kier molecular flexibility index (Phi) is 12.2. The predicted molar refractivity (Wildman–Crippen MR) is 258 cm³/mol. The van der Waals surface area contributed by atoms with Crippen LogP contribution in [0.15, 0.2) is 60.9 Å². The van der Waals surface area contributed by atoms with Crippen LogP contribution >= 0.6 is 11.3 Å². The largest absolute Gasteiger partial charge is 0.464 e. The summed E-state index contributed by atoms with van der Waals surface area (Å²) in [6, 6.07) is 12.4. The van der Waals surface area contributed by atoms with E-state index in [0.717, 1.165) is 47.7 Å². The first kappa shape index (κ1) is 46.9. The molecule has 1 aliphatic carbocycles. The number of alkyl halides is 1. The molecule has 70 heavy (non-hydrogen) atoms. The number of carbonyl (C=O) groups excluding carboxylic acids is 4. The van der Waals surface area contributed by atoms with E-state index in [0.29, 0.717) is 77.5 Å². The number of amides is 4. The van der Waals surface area contributed by atoms with Gasteiger partial charge in [0.1, 0.15) is 41.0 Å². The molecule has 368 valence electrons. The zero-order chi connectivity index (χ0) is 49.3. The maximum Gasteiger partial charge on any atom is 0.407 e. The molecule has 6 atom stereocenters. The summed E-state index contributed by atoms with van der Waals surface area (Å²) in [5.41, 5.74) is 2.35. The van der Waals surface area contributed by atoms with E-state index in [4.69, 9.17) is 24.2 Å². The average molecular weight is 978 g/mol. The highest BCUT2D eigenvalue weighted by Gasteiger charge is 2.45.